The van der Waals surface area contributed by atoms with E-state index in [4.69, 9.17) is 9.47 Å². The van der Waals surface area contributed by atoms with Crippen LogP contribution < -0.4 is 0 Å². The van der Waals surface area contributed by atoms with E-state index < -0.39 is 0 Å². The van der Waals surface area contributed by atoms with Crippen LogP contribution in [0.15, 0.2) is 35.9 Å². The van der Waals surface area contributed by atoms with Crippen LogP contribution in [0.1, 0.15) is 19.2 Å². The minimum absolute atomic E-state index is 0.204. The molecule has 1 unspecified atom stereocenters. The normalized spacial score (nSPS) is 20.1. The lowest BCUT2D eigenvalue weighted by Crippen LogP contribution is -2.28. The number of hydrogen-bond donors (Lipinski definition) is 0. The van der Waals surface area contributed by atoms with Gasteiger partial charge in [-0.2, -0.15) is 0 Å². The molecule has 0 bridgehead atoms. The highest BCUT2D eigenvalue weighted by Crippen LogP contribution is 2.17. The summed E-state index contributed by atoms with van der Waals surface area (Å²) in [6.45, 7) is 7.21. The van der Waals surface area contributed by atoms with E-state index in [0.29, 0.717) is 13.2 Å². The van der Waals surface area contributed by atoms with Gasteiger partial charge in [0, 0.05) is 6.54 Å². The second-order valence-corrected chi connectivity index (χ2v) is 5.58. The number of fused-ring (bicyclic) bond motifs is 1. The molecular weight excluding hydrogens is 264 g/mol. The number of hydrogen-bond acceptors (Lipinski definition) is 3. The molecule has 1 fully saturated rings. The third-order valence-corrected chi connectivity index (χ3v) is 3.90. The summed E-state index contributed by atoms with van der Waals surface area (Å²) >= 11 is 0. The van der Waals surface area contributed by atoms with Gasteiger partial charge in [-0.3, -0.25) is 0 Å². The van der Waals surface area contributed by atoms with Crippen molar-refractivity contribution in [3.63, 3.8) is 0 Å². The van der Waals surface area contributed by atoms with Gasteiger partial charge in [0.2, 0.25) is 0 Å². The first-order valence-corrected chi connectivity index (χ1v) is 7.51. The number of allylic oxidation sites excluding steroid dienone is 1. The summed E-state index contributed by atoms with van der Waals surface area (Å²) in [6, 6.07) is 8.27. The van der Waals surface area contributed by atoms with Crippen LogP contribution >= 0.6 is 0 Å². The molecule has 4 heteroatoms. The molecule has 1 atom stereocenters. The minimum Gasteiger partial charge on any atom is -0.376 e. The van der Waals surface area contributed by atoms with Gasteiger partial charge < -0.3 is 14.0 Å². The Morgan fingerprint density at radius 2 is 2.24 bits per heavy atom. The molecule has 21 heavy (non-hydrogen) atoms. The Hall–Kier alpha value is -1.65. The van der Waals surface area contributed by atoms with Crippen molar-refractivity contribution < 1.29 is 9.47 Å². The lowest BCUT2D eigenvalue weighted by Gasteiger charge is -2.23. The molecule has 1 aliphatic heterocycles. The minimum atomic E-state index is 0.204. The van der Waals surface area contributed by atoms with E-state index in [2.05, 4.69) is 47.7 Å². The monoisotopic (exact) mass is 286 g/mol. The van der Waals surface area contributed by atoms with Crippen molar-refractivity contribution in [1.82, 2.24) is 9.55 Å². The maximum atomic E-state index is 5.69. The second kappa shape index (κ2) is 6.41. The van der Waals surface area contributed by atoms with Gasteiger partial charge in [-0.05, 0) is 32.4 Å². The van der Waals surface area contributed by atoms with Crippen LogP contribution in [0.4, 0.5) is 0 Å². The summed E-state index contributed by atoms with van der Waals surface area (Å²) in [5, 5.41) is 0. The summed E-state index contributed by atoms with van der Waals surface area (Å²) in [7, 11) is 0. The van der Waals surface area contributed by atoms with Crippen molar-refractivity contribution in [3.8, 4) is 0 Å². The Morgan fingerprint density at radius 1 is 1.38 bits per heavy atom. The number of imidazole rings is 1. The molecule has 0 saturated carbocycles. The van der Waals surface area contributed by atoms with E-state index in [0.717, 1.165) is 30.9 Å². The fourth-order valence-corrected chi connectivity index (χ4v) is 2.77. The van der Waals surface area contributed by atoms with Gasteiger partial charge in [0.05, 0.1) is 37.0 Å². The molecule has 0 spiro atoms. The third kappa shape index (κ3) is 3.34. The van der Waals surface area contributed by atoms with Gasteiger partial charge >= 0.3 is 0 Å². The molecule has 0 aliphatic carbocycles. The zero-order chi connectivity index (χ0) is 14.7. The van der Waals surface area contributed by atoms with E-state index in [1.54, 1.807) is 0 Å². The Kier molecular flexibility index (Phi) is 4.36. The Morgan fingerprint density at radius 3 is 3.05 bits per heavy atom. The van der Waals surface area contributed by atoms with Gasteiger partial charge in [-0.25, -0.2) is 4.98 Å². The molecule has 1 aromatic heterocycles. The molecule has 1 aromatic carbocycles. The molecule has 0 radical (unpaired) electrons. The van der Waals surface area contributed by atoms with Gasteiger partial charge in [0.1, 0.15) is 5.82 Å². The smallest absolute Gasteiger partial charge is 0.107 e. The lowest BCUT2D eigenvalue weighted by molar-refractivity contribution is -0.0871. The number of ether oxygens (including phenoxy) is 2. The third-order valence-electron chi connectivity index (χ3n) is 3.90. The van der Waals surface area contributed by atoms with E-state index in [9.17, 15) is 0 Å². The van der Waals surface area contributed by atoms with E-state index in [1.165, 1.54) is 11.1 Å². The highest BCUT2D eigenvalue weighted by Gasteiger charge is 2.14. The molecule has 112 valence electrons. The summed E-state index contributed by atoms with van der Waals surface area (Å²) in [5.74, 6) is 1.05. The Balaban J connectivity index is 1.70. The van der Waals surface area contributed by atoms with Crippen molar-refractivity contribution in [2.75, 3.05) is 19.8 Å². The van der Waals surface area contributed by atoms with Crippen LogP contribution in [0.2, 0.25) is 0 Å². The fourth-order valence-electron chi connectivity index (χ4n) is 2.77. The van der Waals surface area contributed by atoms with Crippen molar-refractivity contribution in [2.45, 2.75) is 32.9 Å². The van der Waals surface area contributed by atoms with Gasteiger partial charge in [0.25, 0.3) is 0 Å². The van der Waals surface area contributed by atoms with Crippen molar-refractivity contribution >= 4 is 11.0 Å². The van der Waals surface area contributed by atoms with Crippen molar-refractivity contribution in [1.29, 1.82) is 0 Å². The molecule has 0 amide bonds. The quantitative estimate of drug-likeness (QED) is 0.810. The maximum absolute atomic E-state index is 5.69. The topological polar surface area (TPSA) is 36.3 Å². The second-order valence-electron chi connectivity index (χ2n) is 5.58. The number of benzene rings is 1. The van der Waals surface area contributed by atoms with Crippen LogP contribution in [0.3, 0.4) is 0 Å². The molecule has 1 aliphatic rings. The number of aryl methyl sites for hydroxylation is 1. The maximum Gasteiger partial charge on any atom is 0.107 e. The molecule has 3 rings (SSSR count). The number of rotatable bonds is 4. The Bertz CT molecular complexity index is 639. The molecular formula is C17H22N2O2. The summed E-state index contributed by atoms with van der Waals surface area (Å²) < 4.78 is 13.4. The lowest BCUT2D eigenvalue weighted by atomic mass is 10.1. The van der Waals surface area contributed by atoms with Crippen LogP contribution in [-0.2, 0) is 16.0 Å². The fraction of sp³-hybridized carbons (Fsp3) is 0.471. The van der Waals surface area contributed by atoms with Crippen molar-refractivity contribution in [3.05, 3.63) is 41.7 Å². The number of nitrogens with zero attached hydrogens (tertiary/aromatic N) is 2. The molecule has 2 heterocycles. The standard InChI is InChI=1S/C17H22N2O2/c1-13(11-15-12-20-9-10-21-15)7-8-19-14(2)18-16-5-3-4-6-17(16)19/h3-7,15H,8-12H2,1-2H3. The first kappa shape index (κ1) is 14.3. The summed E-state index contributed by atoms with van der Waals surface area (Å²) in [6.07, 6.45) is 3.40. The number of aromatic nitrogens is 2. The molecule has 2 aromatic rings. The predicted octanol–water partition coefficient (Wildman–Crippen LogP) is 3.10. The molecule has 4 nitrogen and oxygen atoms in total. The van der Waals surface area contributed by atoms with E-state index in [1.807, 2.05) is 6.07 Å². The zero-order valence-corrected chi connectivity index (χ0v) is 12.7. The van der Waals surface area contributed by atoms with E-state index in [-0.39, 0.29) is 6.10 Å². The van der Waals surface area contributed by atoms with Gasteiger partial charge in [-0.15, -0.1) is 0 Å². The van der Waals surface area contributed by atoms with Crippen LogP contribution in [-0.4, -0.2) is 35.5 Å². The summed E-state index contributed by atoms with van der Waals surface area (Å²) in [5.41, 5.74) is 3.59. The highest BCUT2D eigenvalue weighted by molar-refractivity contribution is 5.75. The van der Waals surface area contributed by atoms with Crippen LogP contribution in [0.25, 0.3) is 11.0 Å². The zero-order valence-electron chi connectivity index (χ0n) is 12.7. The van der Waals surface area contributed by atoms with Gasteiger partial charge in [-0.1, -0.05) is 23.8 Å². The predicted molar refractivity (Wildman–Crippen MR) is 83.4 cm³/mol. The van der Waals surface area contributed by atoms with Crippen LogP contribution in [0, 0.1) is 6.92 Å². The first-order valence-electron chi connectivity index (χ1n) is 7.51. The average molecular weight is 286 g/mol. The molecule has 1 saturated heterocycles. The largest absolute Gasteiger partial charge is 0.376 e. The number of para-hydroxylation sites is 2. The SMILES string of the molecule is CC(=CCn1c(C)nc2ccccc21)CC1COCCO1. The molecule has 0 N–H and O–H groups in total. The van der Waals surface area contributed by atoms with Crippen LogP contribution in [0.5, 0.6) is 0 Å². The Labute approximate surface area is 125 Å². The first-order chi connectivity index (χ1) is 10.2. The highest BCUT2D eigenvalue weighted by atomic mass is 16.6. The summed E-state index contributed by atoms with van der Waals surface area (Å²) in [4.78, 5) is 4.60. The van der Waals surface area contributed by atoms with Crippen molar-refractivity contribution in [2.24, 2.45) is 0 Å². The van der Waals surface area contributed by atoms with E-state index >= 15 is 0 Å². The van der Waals surface area contributed by atoms with Gasteiger partial charge in [0.15, 0.2) is 0 Å². The average Bonchev–Trinajstić information content (AvgIpc) is 2.81.